The highest BCUT2D eigenvalue weighted by molar-refractivity contribution is 5.97. The first-order chi connectivity index (χ1) is 13.0. The monoisotopic (exact) mass is 363 g/mol. The minimum absolute atomic E-state index is 0.374. The van der Waals surface area contributed by atoms with Crippen LogP contribution in [0.5, 0.6) is 0 Å². The molecule has 1 N–H and O–H groups in total. The Morgan fingerprint density at radius 2 is 1.74 bits per heavy atom. The molecule has 6 nitrogen and oxygen atoms in total. The van der Waals surface area contributed by atoms with E-state index < -0.39 is 12.1 Å². The van der Waals surface area contributed by atoms with Gasteiger partial charge >= 0.3 is 5.97 Å². The van der Waals surface area contributed by atoms with Crippen LogP contribution in [0, 0.1) is 13.8 Å². The number of rotatable bonds is 5. The van der Waals surface area contributed by atoms with Crippen molar-refractivity contribution >= 4 is 17.6 Å². The smallest absolute Gasteiger partial charge is 0.338 e. The fourth-order valence-electron chi connectivity index (χ4n) is 2.61. The molecule has 0 bridgehead atoms. The lowest BCUT2D eigenvalue weighted by molar-refractivity contribution is -0.123. The number of aromatic nitrogens is 2. The van der Waals surface area contributed by atoms with E-state index in [4.69, 9.17) is 4.74 Å². The molecule has 3 rings (SSSR count). The minimum atomic E-state index is -0.912. The molecule has 0 saturated carbocycles. The summed E-state index contributed by atoms with van der Waals surface area (Å²) in [4.78, 5) is 24.6. The van der Waals surface area contributed by atoms with Crippen molar-refractivity contribution in [1.29, 1.82) is 0 Å². The zero-order chi connectivity index (χ0) is 19.4. The fraction of sp³-hybridized carbons (Fsp3) is 0.190. The molecule has 2 aromatic carbocycles. The number of amides is 1. The van der Waals surface area contributed by atoms with E-state index in [1.54, 1.807) is 48.1 Å². The summed E-state index contributed by atoms with van der Waals surface area (Å²) >= 11 is 0. The molecule has 1 heterocycles. The van der Waals surface area contributed by atoms with Crippen molar-refractivity contribution in [2.75, 3.05) is 5.32 Å². The molecule has 27 heavy (non-hydrogen) atoms. The Kier molecular flexibility index (Phi) is 5.35. The normalized spacial score (nSPS) is 11.7. The van der Waals surface area contributed by atoms with Crippen LogP contribution in [0.2, 0.25) is 0 Å². The van der Waals surface area contributed by atoms with E-state index in [9.17, 15) is 9.59 Å². The maximum Gasteiger partial charge on any atom is 0.338 e. The number of nitrogens with one attached hydrogen (secondary N) is 1. The summed E-state index contributed by atoms with van der Waals surface area (Å²) in [6.07, 6.45) is 0.803. The average molecular weight is 363 g/mol. The second kappa shape index (κ2) is 7.86. The van der Waals surface area contributed by atoms with Gasteiger partial charge in [0.2, 0.25) is 0 Å². The molecule has 0 radical (unpaired) electrons. The van der Waals surface area contributed by atoms with Crippen LogP contribution in [0.15, 0.2) is 60.8 Å². The van der Waals surface area contributed by atoms with Gasteiger partial charge in [0, 0.05) is 17.6 Å². The number of esters is 1. The predicted octanol–water partition coefficient (Wildman–Crippen LogP) is 3.67. The van der Waals surface area contributed by atoms with E-state index in [-0.39, 0.29) is 5.91 Å². The summed E-state index contributed by atoms with van der Waals surface area (Å²) in [6.45, 7) is 5.39. The van der Waals surface area contributed by atoms with Crippen LogP contribution < -0.4 is 5.32 Å². The van der Waals surface area contributed by atoms with Crippen LogP contribution in [0.1, 0.15) is 28.5 Å². The van der Waals surface area contributed by atoms with Gasteiger partial charge in [0.25, 0.3) is 5.91 Å². The van der Waals surface area contributed by atoms with Crippen LogP contribution in [-0.4, -0.2) is 27.8 Å². The quantitative estimate of drug-likeness (QED) is 0.702. The number of aryl methyl sites for hydroxylation is 2. The topological polar surface area (TPSA) is 73.2 Å². The molecule has 0 aliphatic carbocycles. The van der Waals surface area contributed by atoms with Gasteiger partial charge in [-0.25, -0.2) is 9.48 Å². The Hall–Kier alpha value is -3.41. The molecule has 0 aliphatic heterocycles. The molecular formula is C21H21N3O3. The van der Waals surface area contributed by atoms with E-state index in [1.165, 1.54) is 0 Å². The van der Waals surface area contributed by atoms with Gasteiger partial charge in [-0.3, -0.25) is 4.79 Å². The van der Waals surface area contributed by atoms with Crippen molar-refractivity contribution in [3.63, 3.8) is 0 Å². The maximum atomic E-state index is 12.3. The van der Waals surface area contributed by atoms with Gasteiger partial charge in [-0.15, -0.1) is 0 Å². The van der Waals surface area contributed by atoms with Crippen LogP contribution in [-0.2, 0) is 9.53 Å². The molecule has 0 fully saturated rings. The van der Waals surface area contributed by atoms with Crippen LogP contribution in [0.25, 0.3) is 5.69 Å². The first-order valence-corrected chi connectivity index (χ1v) is 8.64. The van der Waals surface area contributed by atoms with E-state index >= 15 is 0 Å². The Morgan fingerprint density at radius 3 is 2.37 bits per heavy atom. The number of hydrogen-bond acceptors (Lipinski definition) is 4. The lowest BCUT2D eigenvalue weighted by Crippen LogP contribution is -2.30. The van der Waals surface area contributed by atoms with Crippen molar-refractivity contribution in [3.8, 4) is 5.69 Å². The van der Waals surface area contributed by atoms with Crippen molar-refractivity contribution in [2.45, 2.75) is 26.9 Å². The first-order valence-electron chi connectivity index (χ1n) is 8.64. The Bertz CT molecular complexity index is 961. The molecule has 0 spiro atoms. The summed E-state index contributed by atoms with van der Waals surface area (Å²) in [6, 6.07) is 16.2. The lowest BCUT2D eigenvalue weighted by Gasteiger charge is -2.15. The molecule has 138 valence electrons. The van der Waals surface area contributed by atoms with Gasteiger partial charge in [0.1, 0.15) is 0 Å². The highest BCUT2D eigenvalue weighted by atomic mass is 16.5. The molecule has 3 aromatic rings. The van der Waals surface area contributed by atoms with E-state index in [1.807, 2.05) is 38.1 Å². The third-order valence-electron chi connectivity index (χ3n) is 4.24. The highest BCUT2D eigenvalue weighted by Crippen LogP contribution is 2.15. The molecule has 1 unspecified atom stereocenters. The molecular weight excluding hydrogens is 342 g/mol. The number of benzene rings is 2. The van der Waals surface area contributed by atoms with Gasteiger partial charge in [0.15, 0.2) is 6.10 Å². The van der Waals surface area contributed by atoms with E-state index in [2.05, 4.69) is 10.4 Å². The summed E-state index contributed by atoms with van der Waals surface area (Å²) in [5, 5.41) is 7.00. The molecule has 0 saturated heterocycles. The summed E-state index contributed by atoms with van der Waals surface area (Å²) in [7, 11) is 0. The number of para-hydroxylation sites is 1. The van der Waals surface area contributed by atoms with Crippen LogP contribution in [0.3, 0.4) is 0 Å². The molecule has 0 aliphatic rings. The molecule has 6 heteroatoms. The number of carbonyl (C=O) groups excluding carboxylic acids is 2. The Balaban J connectivity index is 1.63. The zero-order valence-electron chi connectivity index (χ0n) is 15.5. The van der Waals surface area contributed by atoms with Crippen LogP contribution >= 0.6 is 0 Å². The van der Waals surface area contributed by atoms with Gasteiger partial charge in [-0.05, 0) is 62.7 Å². The predicted molar refractivity (Wildman–Crippen MR) is 103 cm³/mol. The van der Waals surface area contributed by atoms with E-state index in [0.29, 0.717) is 11.3 Å². The van der Waals surface area contributed by atoms with E-state index in [0.717, 1.165) is 16.9 Å². The number of nitrogens with zero attached hydrogens (tertiary/aromatic N) is 2. The van der Waals surface area contributed by atoms with Crippen molar-refractivity contribution in [2.24, 2.45) is 0 Å². The molecule has 1 atom stereocenters. The molecule has 1 amide bonds. The minimum Gasteiger partial charge on any atom is -0.449 e. The largest absolute Gasteiger partial charge is 0.449 e. The second-order valence-corrected chi connectivity index (χ2v) is 6.28. The fourth-order valence-corrected chi connectivity index (χ4v) is 2.61. The van der Waals surface area contributed by atoms with Gasteiger partial charge in [-0.1, -0.05) is 18.2 Å². The number of carbonyl (C=O) groups is 2. The Morgan fingerprint density at radius 1 is 1.04 bits per heavy atom. The van der Waals surface area contributed by atoms with Gasteiger partial charge < -0.3 is 10.1 Å². The first kappa shape index (κ1) is 18.4. The van der Waals surface area contributed by atoms with Crippen molar-refractivity contribution in [3.05, 3.63) is 77.6 Å². The van der Waals surface area contributed by atoms with Crippen molar-refractivity contribution in [1.82, 2.24) is 9.78 Å². The third kappa shape index (κ3) is 4.23. The van der Waals surface area contributed by atoms with Gasteiger partial charge in [0.05, 0.1) is 11.3 Å². The number of anilines is 1. The summed E-state index contributed by atoms with van der Waals surface area (Å²) in [5.41, 5.74) is 3.85. The highest BCUT2D eigenvalue weighted by Gasteiger charge is 2.19. The summed E-state index contributed by atoms with van der Waals surface area (Å²) < 4.78 is 7.06. The lowest BCUT2D eigenvalue weighted by atomic mass is 10.2. The second-order valence-electron chi connectivity index (χ2n) is 6.28. The maximum absolute atomic E-state index is 12.3. The van der Waals surface area contributed by atoms with Gasteiger partial charge in [-0.2, -0.15) is 5.10 Å². The number of ether oxygens (including phenoxy) is 1. The van der Waals surface area contributed by atoms with Crippen LogP contribution in [0.4, 0.5) is 5.69 Å². The standard InChI is InChI=1S/C21H21N3O3/c1-14-6-4-5-7-19(14)23-20(25)16(3)27-21(26)17-8-10-18(11-9-17)24-15(2)12-13-22-24/h4-13,16H,1-3H3,(H,23,25). The third-order valence-corrected chi connectivity index (χ3v) is 4.24. The zero-order valence-corrected chi connectivity index (χ0v) is 15.5. The molecule has 1 aromatic heterocycles. The average Bonchev–Trinajstić information content (AvgIpc) is 3.09. The SMILES string of the molecule is Cc1ccccc1NC(=O)C(C)OC(=O)c1ccc(-n2nccc2C)cc1. The van der Waals surface area contributed by atoms with Crippen molar-refractivity contribution < 1.29 is 14.3 Å². The number of hydrogen-bond donors (Lipinski definition) is 1. The summed E-state index contributed by atoms with van der Waals surface area (Å²) in [5.74, 6) is -0.924. The Labute approximate surface area is 157 Å².